The van der Waals surface area contributed by atoms with Crippen molar-refractivity contribution in [1.29, 1.82) is 0 Å². The average molecular weight is 1150 g/mol. The molecule has 4 atom stereocenters. The fraction of sp³-hybridized carbons (Fsp3) is 0.438. The van der Waals surface area contributed by atoms with Crippen LogP contribution in [0, 0.1) is 0 Å². The molecule has 0 radical (unpaired) electrons. The Kier molecular flexibility index (Phi) is 35.5. The topological polar surface area (TPSA) is 0 Å². The molecule has 0 saturated carbocycles. The second-order valence-electron chi connectivity index (χ2n) is 19.2. The number of halogens is 2. The van der Waals surface area contributed by atoms with Crippen LogP contribution in [0.4, 0.5) is 0 Å². The summed E-state index contributed by atoms with van der Waals surface area (Å²) in [5.41, 5.74) is 3.30. The third-order valence-corrected chi connectivity index (χ3v) is 26.9. The van der Waals surface area contributed by atoms with Gasteiger partial charge in [0.1, 0.15) is 0 Å². The Morgan fingerprint density at radius 3 is 0.750 bits per heavy atom. The van der Waals surface area contributed by atoms with E-state index >= 15 is 0 Å². The molecule has 388 valence electrons. The summed E-state index contributed by atoms with van der Waals surface area (Å²) in [5, 5.41) is 17.7. The fourth-order valence-corrected chi connectivity index (χ4v) is 21.1. The van der Waals surface area contributed by atoms with E-state index in [0.717, 1.165) is 22.6 Å². The van der Waals surface area contributed by atoms with Crippen LogP contribution in [0.15, 0.2) is 146 Å². The maximum absolute atomic E-state index is 2.43. The van der Waals surface area contributed by atoms with Crippen molar-refractivity contribution in [1.82, 2.24) is 0 Å². The van der Waals surface area contributed by atoms with E-state index in [1.165, 1.54) is 119 Å². The summed E-state index contributed by atoms with van der Waals surface area (Å²) in [7, 11) is 0.144. The maximum atomic E-state index is 2.43. The standard InChI is InChI=1S/2C17H24P.2C15H20P.2ClH.2Ti/c2*1-5-13(3)18(14(4)6-2)17-11-15-9-7-8-10-16(15)12-17;2*1-3-9-16(10-4-2)15-11-13-7-5-6-8-14(13)12-15;;;;/h2*7-14H,5-6H2,1-4H3;2*5-8,11-12H,3-4,9-10H2,1-2H3;2*1H;;/q4*-1;;;2*+2/p-2. The van der Waals surface area contributed by atoms with Gasteiger partial charge in [-0.1, -0.05) is 165 Å². The van der Waals surface area contributed by atoms with Crippen molar-refractivity contribution in [2.24, 2.45) is 0 Å². The summed E-state index contributed by atoms with van der Waals surface area (Å²) in [5.74, 6) is 0. The molecule has 8 aromatic rings. The van der Waals surface area contributed by atoms with E-state index in [1.807, 2.05) is 0 Å². The van der Waals surface area contributed by atoms with Gasteiger partial charge in [0.05, 0.1) is 0 Å². The normalized spacial score (nSPS) is 13.4. The largest absolute Gasteiger partial charge is 2.00 e. The molecular formula is C64H88Cl2P4Ti2-2. The third kappa shape index (κ3) is 19.8. The van der Waals surface area contributed by atoms with Crippen LogP contribution in [-0.4, -0.2) is 47.3 Å². The van der Waals surface area contributed by atoms with Gasteiger partial charge < -0.3 is 24.8 Å². The molecule has 0 aliphatic carbocycles. The van der Waals surface area contributed by atoms with Crippen molar-refractivity contribution in [3.8, 4) is 0 Å². The average Bonchev–Trinajstić information content (AvgIpc) is 4.19. The first-order valence-electron chi connectivity index (χ1n) is 26.7. The molecule has 4 unspecified atom stereocenters. The zero-order chi connectivity index (χ0) is 49.0. The van der Waals surface area contributed by atoms with Gasteiger partial charge >= 0.3 is 43.4 Å². The molecule has 0 bridgehead atoms. The Morgan fingerprint density at radius 2 is 0.542 bits per heavy atom. The van der Waals surface area contributed by atoms with Gasteiger partial charge in [-0.25, -0.2) is 0 Å². The zero-order valence-corrected chi connectivity index (χ0v) is 54.4. The first-order chi connectivity index (χ1) is 33.0. The van der Waals surface area contributed by atoms with Gasteiger partial charge in [-0.05, 0) is 73.0 Å². The van der Waals surface area contributed by atoms with Crippen LogP contribution in [0.3, 0.4) is 0 Å². The Hall–Kier alpha value is -0.951. The summed E-state index contributed by atoms with van der Waals surface area (Å²) in [6.07, 6.45) is 16.0. The smallest absolute Gasteiger partial charge is 1.00 e. The molecule has 8 heteroatoms. The number of benzene rings is 4. The molecule has 0 heterocycles. The van der Waals surface area contributed by atoms with Gasteiger partial charge in [-0.15, -0.1) is 161 Å². The predicted molar refractivity (Wildman–Crippen MR) is 324 cm³/mol. The van der Waals surface area contributed by atoms with Crippen molar-refractivity contribution in [2.45, 2.75) is 157 Å². The van der Waals surface area contributed by atoms with E-state index in [1.54, 1.807) is 21.2 Å². The maximum Gasteiger partial charge on any atom is 2.00 e. The fourth-order valence-electron chi connectivity index (χ4n) is 9.69. The van der Waals surface area contributed by atoms with E-state index in [4.69, 9.17) is 0 Å². The molecule has 0 aliphatic heterocycles. The second kappa shape index (κ2) is 37.0. The van der Waals surface area contributed by atoms with Gasteiger partial charge in [0.15, 0.2) is 0 Å². The van der Waals surface area contributed by atoms with Crippen LogP contribution in [0.2, 0.25) is 0 Å². The van der Waals surface area contributed by atoms with E-state index < -0.39 is 0 Å². The molecule has 0 nitrogen and oxygen atoms in total. The Bertz CT molecular complexity index is 2280. The first-order valence-corrected chi connectivity index (χ1v) is 33.1. The van der Waals surface area contributed by atoms with E-state index in [2.05, 4.69) is 229 Å². The van der Waals surface area contributed by atoms with Crippen LogP contribution in [-0.2, 0) is 43.4 Å². The van der Waals surface area contributed by atoms with Gasteiger partial charge in [-0.3, -0.25) is 0 Å². The summed E-state index contributed by atoms with van der Waals surface area (Å²) in [4.78, 5) is 0. The minimum atomic E-state index is -0.0252. The van der Waals surface area contributed by atoms with Crippen LogP contribution in [0.25, 0.3) is 43.1 Å². The van der Waals surface area contributed by atoms with Crippen LogP contribution in [0.1, 0.15) is 134 Å². The molecule has 72 heavy (non-hydrogen) atoms. The molecule has 0 amide bonds. The first kappa shape index (κ1) is 69.1. The van der Waals surface area contributed by atoms with Crippen molar-refractivity contribution < 1.29 is 68.2 Å². The molecule has 0 aromatic heterocycles. The number of rotatable bonds is 20. The summed E-state index contributed by atoms with van der Waals surface area (Å²) < 4.78 is 0. The third-order valence-electron chi connectivity index (χ3n) is 14.0. The van der Waals surface area contributed by atoms with E-state index in [-0.39, 0.29) is 99.9 Å². The second-order valence-corrected chi connectivity index (χ2v) is 30.4. The molecule has 8 aromatic carbocycles. The summed E-state index contributed by atoms with van der Waals surface area (Å²) in [6.45, 7) is 28.2. The predicted octanol–water partition coefficient (Wildman–Crippen LogP) is 13.5. The van der Waals surface area contributed by atoms with Crippen LogP contribution < -0.4 is 46.0 Å². The molecule has 8 rings (SSSR count). The molecule has 0 spiro atoms. The van der Waals surface area contributed by atoms with E-state index in [0.29, 0.717) is 0 Å². The van der Waals surface area contributed by atoms with Crippen LogP contribution in [0.5, 0.6) is 0 Å². The Balaban J connectivity index is 0.000000472. The minimum absolute atomic E-state index is 0. The van der Waals surface area contributed by atoms with Crippen molar-refractivity contribution in [3.05, 3.63) is 146 Å². The molecular weight excluding hydrogens is 1060 g/mol. The SMILES string of the molecule is CCC(C)P(c1cc2ccccc2[cH-]1)C(C)CC.CCC(C)P(c1cc2ccccc2[cH-]1)C(C)CC.CCCP(CCC)c1cc2ccccc2[cH-]1.CCCP(CCC)c1cc2ccccc2[cH-]1.[Cl-].[Cl-].[Ti+2].[Ti+2]. The number of hydrogen-bond acceptors (Lipinski definition) is 0. The summed E-state index contributed by atoms with van der Waals surface area (Å²) in [6, 6.07) is 54.3. The molecule has 0 saturated heterocycles. The molecule has 0 fully saturated rings. The Morgan fingerprint density at radius 1 is 0.333 bits per heavy atom. The molecule has 0 aliphatic rings. The van der Waals surface area contributed by atoms with Crippen LogP contribution >= 0.6 is 31.7 Å². The summed E-state index contributed by atoms with van der Waals surface area (Å²) >= 11 is 0. The van der Waals surface area contributed by atoms with Gasteiger partial charge in [0.2, 0.25) is 0 Å². The van der Waals surface area contributed by atoms with E-state index in [9.17, 15) is 0 Å². The minimum Gasteiger partial charge on any atom is -1.00 e. The van der Waals surface area contributed by atoms with Gasteiger partial charge in [-0.2, -0.15) is 24.3 Å². The monoisotopic (exact) mass is 1150 g/mol. The zero-order valence-electron chi connectivity index (χ0n) is 46.2. The van der Waals surface area contributed by atoms with Gasteiger partial charge in [0, 0.05) is 0 Å². The van der Waals surface area contributed by atoms with Crippen molar-refractivity contribution >= 4 is 96.0 Å². The number of hydrogen-bond donors (Lipinski definition) is 0. The number of fused-ring (bicyclic) bond motifs is 4. The quantitative estimate of drug-likeness (QED) is 0.0405. The molecule has 0 N–H and O–H groups in total. The van der Waals surface area contributed by atoms with Crippen molar-refractivity contribution in [2.75, 3.05) is 24.6 Å². The van der Waals surface area contributed by atoms with Gasteiger partial charge in [0.25, 0.3) is 0 Å². The van der Waals surface area contributed by atoms with Crippen molar-refractivity contribution in [3.63, 3.8) is 0 Å². The Labute approximate surface area is 487 Å².